The van der Waals surface area contributed by atoms with Crippen LogP contribution in [0.15, 0.2) is 36.4 Å². The first-order valence-corrected chi connectivity index (χ1v) is 7.70. The smallest absolute Gasteiger partial charge is 0.279 e. The van der Waals surface area contributed by atoms with Gasteiger partial charge < -0.3 is 15.4 Å². The van der Waals surface area contributed by atoms with Crippen molar-refractivity contribution in [2.75, 3.05) is 19.0 Å². The first kappa shape index (κ1) is 18.2. The van der Waals surface area contributed by atoms with E-state index in [1.807, 2.05) is 0 Å². The first-order valence-electron chi connectivity index (χ1n) is 7.32. The van der Waals surface area contributed by atoms with E-state index in [1.54, 1.807) is 30.4 Å². The summed E-state index contributed by atoms with van der Waals surface area (Å²) in [6.07, 6.45) is 0. The van der Waals surface area contributed by atoms with Gasteiger partial charge in [0.15, 0.2) is 6.54 Å². The number of nitrogens with two attached hydrogens (primary N) is 1. The maximum absolute atomic E-state index is 13.7. The van der Waals surface area contributed by atoms with E-state index in [2.05, 4.69) is 5.32 Å². The van der Waals surface area contributed by atoms with Gasteiger partial charge in [0.1, 0.15) is 23.4 Å². The van der Waals surface area contributed by atoms with Crippen LogP contribution in [-0.4, -0.2) is 19.6 Å². The monoisotopic (exact) mass is 355 g/mol. The highest BCUT2D eigenvalue weighted by Gasteiger charge is 2.17. The van der Waals surface area contributed by atoms with Crippen LogP contribution in [0.3, 0.4) is 0 Å². The second-order valence-corrected chi connectivity index (χ2v) is 5.72. The molecule has 0 aliphatic heterocycles. The van der Waals surface area contributed by atoms with Crippen molar-refractivity contribution in [3.8, 4) is 5.75 Å². The van der Waals surface area contributed by atoms with Gasteiger partial charge in [-0.2, -0.15) is 0 Å². The van der Waals surface area contributed by atoms with Crippen molar-refractivity contribution in [2.24, 2.45) is 0 Å². The summed E-state index contributed by atoms with van der Waals surface area (Å²) in [6, 6.07) is 7.96. The van der Waals surface area contributed by atoms with E-state index in [4.69, 9.17) is 16.3 Å². The van der Waals surface area contributed by atoms with Crippen LogP contribution in [0.25, 0.3) is 0 Å². The largest absolute Gasteiger partial charge is 0.495 e. The Morgan fingerprint density at radius 2 is 2.04 bits per heavy atom. The predicted molar refractivity (Wildman–Crippen MR) is 88.2 cm³/mol. The van der Waals surface area contributed by atoms with Gasteiger partial charge in [0.05, 0.1) is 12.8 Å². The number of ether oxygens (including phenoxy) is 1. The number of hydrogen-bond acceptors (Lipinski definition) is 2. The minimum absolute atomic E-state index is 0.0631. The van der Waals surface area contributed by atoms with E-state index in [1.165, 1.54) is 19.2 Å². The van der Waals surface area contributed by atoms with Gasteiger partial charge >= 0.3 is 0 Å². The second-order valence-electron chi connectivity index (χ2n) is 5.29. The average molecular weight is 356 g/mol. The Balaban J connectivity index is 1.97. The fourth-order valence-corrected chi connectivity index (χ4v) is 2.43. The van der Waals surface area contributed by atoms with Crippen molar-refractivity contribution < 1.29 is 23.6 Å². The number of methoxy groups -OCH3 is 1. The molecular weight excluding hydrogens is 338 g/mol. The number of carbonyl (C=O) groups excluding carboxylic acids is 1. The molecule has 0 heterocycles. The van der Waals surface area contributed by atoms with E-state index in [-0.39, 0.29) is 18.5 Å². The molecule has 1 atom stereocenters. The van der Waals surface area contributed by atoms with Gasteiger partial charge in [-0.3, -0.25) is 4.79 Å². The van der Waals surface area contributed by atoms with Crippen LogP contribution in [0.4, 0.5) is 14.5 Å². The van der Waals surface area contributed by atoms with Crippen molar-refractivity contribution in [2.45, 2.75) is 13.0 Å². The lowest BCUT2D eigenvalue weighted by atomic mass is 10.1. The molecule has 0 fully saturated rings. The van der Waals surface area contributed by atoms with E-state index in [0.29, 0.717) is 22.0 Å². The number of carbonyl (C=O) groups is 1. The molecule has 0 radical (unpaired) electrons. The summed E-state index contributed by atoms with van der Waals surface area (Å²) < 4.78 is 31.8. The van der Waals surface area contributed by atoms with Gasteiger partial charge in [-0.05, 0) is 37.3 Å². The topological polar surface area (TPSA) is 54.9 Å². The lowest BCUT2D eigenvalue weighted by Crippen LogP contribution is -2.86. The van der Waals surface area contributed by atoms with Crippen molar-refractivity contribution >= 4 is 23.2 Å². The summed E-state index contributed by atoms with van der Waals surface area (Å²) in [5, 5.41) is 4.82. The predicted octanol–water partition coefficient (Wildman–Crippen LogP) is 2.89. The highest BCUT2D eigenvalue weighted by atomic mass is 35.5. The van der Waals surface area contributed by atoms with Gasteiger partial charge in [0, 0.05) is 16.7 Å². The number of hydrogen-bond donors (Lipinski definition) is 2. The van der Waals surface area contributed by atoms with E-state index in [9.17, 15) is 13.6 Å². The van der Waals surface area contributed by atoms with Crippen LogP contribution in [-0.2, 0) is 4.79 Å². The molecule has 1 amide bonds. The number of halogens is 3. The standard InChI is InChI=1S/C17H17ClF2N2O2/c1-10(13-5-4-12(19)8-14(13)20)21-9-17(23)22-15-7-11(18)3-6-16(15)24-2/h3-8,10,21H,9H2,1-2H3,(H,22,23)/p+1/t10-/m0/s1. The molecule has 0 unspecified atom stereocenters. The molecule has 2 aromatic carbocycles. The molecule has 0 spiro atoms. The minimum atomic E-state index is -0.630. The zero-order chi connectivity index (χ0) is 17.7. The van der Waals surface area contributed by atoms with Gasteiger partial charge in [0.25, 0.3) is 5.91 Å². The molecule has 2 aromatic rings. The number of benzene rings is 2. The van der Waals surface area contributed by atoms with Crippen LogP contribution in [0, 0.1) is 11.6 Å². The zero-order valence-electron chi connectivity index (χ0n) is 13.3. The van der Waals surface area contributed by atoms with Crippen LogP contribution in [0.2, 0.25) is 5.02 Å². The molecule has 0 aliphatic carbocycles. The molecule has 4 nitrogen and oxygen atoms in total. The third-order valence-electron chi connectivity index (χ3n) is 3.55. The SMILES string of the molecule is COc1ccc(Cl)cc1NC(=O)C[NH2+][C@@H](C)c1ccc(F)cc1F. The molecule has 0 aliphatic rings. The lowest BCUT2D eigenvalue weighted by Gasteiger charge is -2.13. The zero-order valence-corrected chi connectivity index (χ0v) is 14.0. The molecular formula is C17H18ClF2N2O2+. The molecule has 2 rings (SSSR count). The second kappa shape index (κ2) is 8.08. The third-order valence-corrected chi connectivity index (χ3v) is 3.78. The lowest BCUT2D eigenvalue weighted by molar-refractivity contribution is -0.682. The number of quaternary nitrogens is 1. The van der Waals surface area contributed by atoms with Gasteiger partial charge in [-0.1, -0.05) is 11.6 Å². The Hall–Kier alpha value is -2.18. The maximum atomic E-state index is 13.7. The van der Waals surface area contributed by atoms with Crippen molar-refractivity contribution in [1.29, 1.82) is 0 Å². The van der Waals surface area contributed by atoms with Crippen LogP contribution >= 0.6 is 11.6 Å². The number of anilines is 1. The summed E-state index contributed by atoms with van der Waals surface area (Å²) in [7, 11) is 1.49. The Bertz CT molecular complexity index is 741. The molecule has 0 saturated carbocycles. The normalized spacial score (nSPS) is 11.9. The summed E-state index contributed by atoms with van der Waals surface area (Å²) in [4.78, 5) is 12.1. The van der Waals surface area contributed by atoms with Gasteiger partial charge in [0.2, 0.25) is 0 Å². The fourth-order valence-electron chi connectivity index (χ4n) is 2.26. The van der Waals surface area contributed by atoms with Crippen molar-refractivity contribution in [3.05, 3.63) is 58.6 Å². The van der Waals surface area contributed by atoms with E-state index < -0.39 is 11.6 Å². The fraction of sp³-hybridized carbons (Fsp3) is 0.235. The third kappa shape index (κ3) is 4.66. The average Bonchev–Trinajstić information content (AvgIpc) is 2.53. The highest BCUT2D eigenvalue weighted by Crippen LogP contribution is 2.27. The first-order chi connectivity index (χ1) is 11.4. The number of amides is 1. The highest BCUT2D eigenvalue weighted by molar-refractivity contribution is 6.31. The van der Waals surface area contributed by atoms with Crippen LogP contribution < -0.4 is 15.4 Å². The minimum Gasteiger partial charge on any atom is -0.495 e. The summed E-state index contributed by atoms with van der Waals surface area (Å²) in [5.74, 6) is -1.06. The molecule has 3 N–H and O–H groups in total. The van der Waals surface area contributed by atoms with E-state index in [0.717, 1.165) is 6.07 Å². The van der Waals surface area contributed by atoms with Crippen molar-refractivity contribution in [1.82, 2.24) is 0 Å². The van der Waals surface area contributed by atoms with Crippen LogP contribution in [0.1, 0.15) is 18.5 Å². The number of nitrogens with one attached hydrogen (secondary N) is 1. The van der Waals surface area contributed by atoms with Gasteiger partial charge in [-0.15, -0.1) is 0 Å². The molecule has 7 heteroatoms. The Morgan fingerprint density at radius 1 is 1.29 bits per heavy atom. The maximum Gasteiger partial charge on any atom is 0.279 e. The number of rotatable bonds is 6. The summed E-state index contributed by atoms with van der Waals surface area (Å²) >= 11 is 5.91. The molecule has 128 valence electrons. The summed E-state index contributed by atoms with van der Waals surface area (Å²) in [5.41, 5.74) is 0.800. The Kier molecular flexibility index (Phi) is 6.11. The van der Waals surface area contributed by atoms with E-state index >= 15 is 0 Å². The molecule has 24 heavy (non-hydrogen) atoms. The summed E-state index contributed by atoms with van der Waals surface area (Å²) in [6.45, 7) is 1.80. The molecule has 0 aromatic heterocycles. The molecule has 0 bridgehead atoms. The van der Waals surface area contributed by atoms with Crippen LogP contribution in [0.5, 0.6) is 5.75 Å². The van der Waals surface area contributed by atoms with Gasteiger partial charge in [-0.25, -0.2) is 8.78 Å². The van der Waals surface area contributed by atoms with Crippen molar-refractivity contribution in [3.63, 3.8) is 0 Å². The quantitative estimate of drug-likeness (QED) is 0.837. The Labute approximate surface area is 143 Å². The molecule has 0 saturated heterocycles. The Morgan fingerprint density at radius 3 is 2.71 bits per heavy atom.